The van der Waals surface area contributed by atoms with Crippen molar-refractivity contribution in [3.63, 3.8) is 0 Å². The minimum Gasteiger partial charge on any atom is -0.427 e. The van der Waals surface area contributed by atoms with E-state index in [4.69, 9.17) is 4.42 Å². The van der Waals surface area contributed by atoms with Crippen molar-refractivity contribution in [2.24, 2.45) is 0 Å². The number of hydrogen-bond acceptors (Lipinski definition) is 2. The van der Waals surface area contributed by atoms with Gasteiger partial charge in [-0.25, -0.2) is 4.79 Å². The summed E-state index contributed by atoms with van der Waals surface area (Å²) in [6.45, 7) is 2.26. The third-order valence-corrected chi connectivity index (χ3v) is 4.50. The summed E-state index contributed by atoms with van der Waals surface area (Å²) >= 11 is 0. The highest BCUT2D eigenvalue weighted by molar-refractivity contribution is 5.81. The lowest BCUT2D eigenvalue weighted by Crippen LogP contribution is -2.02. The standard InChI is InChI=1S/C21H30O2/c1-2-3-4-5-6-7-8-9-10-11-15-19-17-18-14-12-13-16-20(18)21(22)23-19/h12-14,16-17H,2-11,15H2,1H3. The predicted molar refractivity (Wildman–Crippen MR) is 98.0 cm³/mol. The molecular weight excluding hydrogens is 284 g/mol. The van der Waals surface area contributed by atoms with E-state index in [9.17, 15) is 4.79 Å². The molecule has 126 valence electrons. The molecule has 0 fully saturated rings. The predicted octanol–water partition coefficient (Wildman–Crippen LogP) is 6.26. The van der Waals surface area contributed by atoms with Crippen LogP contribution in [0, 0.1) is 0 Å². The van der Waals surface area contributed by atoms with E-state index in [0.29, 0.717) is 5.39 Å². The fraction of sp³-hybridized carbons (Fsp3) is 0.571. The minimum atomic E-state index is -0.204. The Balaban J connectivity index is 1.62. The van der Waals surface area contributed by atoms with Crippen molar-refractivity contribution in [2.45, 2.75) is 77.6 Å². The highest BCUT2D eigenvalue weighted by Crippen LogP contribution is 2.15. The monoisotopic (exact) mass is 314 g/mol. The van der Waals surface area contributed by atoms with Crippen LogP contribution in [-0.4, -0.2) is 0 Å². The summed E-state index contributed by atoms with van der Waals surface area (Å²) in [7, 11) is 0. The molecule has 2 rings (SSSR count). The number of aryl methyl sites for hydroxylation is 1. The second-order valence-corrected chi connectivity index (χ2v) is 6.52. The number of fused-ring (bicyclic) bond motifs is 1. The number of hydrogen-bond donors (Lipinski definition) is 0. The molecule has 1 aromatic carbocycles. The van der Waals surface area contributed by atoms with Crippen LogP contribution in [-0.2, 0) is 6.42 Å². The van der Waals surface area contributed by atoms with Crippen LogP contribution in [0.15, 0.2) is 39.5 Å². The van der Waals surface area contributed by atoms with Gasteiger partial charge >= 0.3 is 5.63 Å². The summed E-state index contributed by atoms with van der Waals surface area (Å²) in [5.41, 5.74) is -0.204. The smallest absolute Gasteiger partial charge is 0.343 e. The minimum absolute atomic E-state index is 0.204. The summed E-state index contributed by atoms with van der Waals surface area (Å²) in [6.07, 6.45) is 14.1. The van der Waals surface area contributed by atoms with Crippen LogP contribution < -0.4 is 5.63 Å². The van der Waals surface area contributed by atoms with Gasteiger partial charge in [0, 0.05) is 6.42 Å². The molecule has 23 heavy (non-hydrogen) atoms. The topological polar surface area (TPSA) is 30.2 Å². The molecule has 2 heteroatoms. The largest absolute Gasteiger partial charge is 0.427 e. The van der Waals surface area contributed by atoms with Gasteiger partial charge in [-0.2, -0.15) is 0 Å². The van der Waals surface area contributed by atoms with Crippen LogP contribution in [0.3, 0.4) is 0 Å². The molecule has 0 amide bonds. The molecule has 0 aliphatic rings. The van der Waals surface area contributed by atoms with Gasteiger partial charge in [-0.1, -0.05) is 82.9 Å². The van der Waals surface area contributed by atoms with Gasteiger partial charge in [-0.15, -0.1) is 0 Å². The Morgan fingerprint density at radius 3 is 2.13 bits per heavy atom. The number of benzene rings is 1. The Kier molecular flexibility index (Phi) is 7.92. The zero-order valence-corrected chi connectivity index (χ0v) is 14.5. The van der Waals surface area contributed by atoms with Crippen molar-refractivity contribution in [3.8, 4) is 0 Å². The molecule has 0 N–H and O–H groups in total. The third kappa shape index (κ3) is 6.21. The van der Waals surface area contributed by atoms with Crippen LogP contribution >= 0.6 is 0 Å². The zero-order chi connectivity index (χ0) is 16.3. The Morgan fingerprint density at radius 2 is 1.43 bits per heavy atom. The summed E-state index contributed by atoms with van der Waals surface area (Å²) < 4.78 is 5.42. The normalized spacial score (nSPS) is 11.2. The number of unbranched alkanes of at least 4 members (excludes halogenated alkanes) is 9. The van der Waals surface area contributed by atoms with E-state index in [-0.39, 0.29) is 5.63 Å². The molecule has 0 aliphatic heterocycles. The number of rotatable bonds is 11. The van der Waals surface area contributed by atoms with E-state index in [1.807, 2.05) is 30.3 Å². The molecule has 0 atom stereocenters. The van der Waals surface area contributed by atoms with Crippen LogP contribution in [0.5, 0.6) is 0 Å². The van der Waals surface area contributed by atoms with E-state index in [1.165, 1.54) is 57.8 Å². The summed E-state index contributed by atoms with van der Waals surface area (Å²) in [4.78, 5) is 11.9. The first-order valence-corrected chi connectivity index (χ1v) is 9.33. The molecule has 2 aromatic rings. The highest BCUT2D eigenvalue weighted by atomic mass is 16.4. The van der Waals surface area contributed by atoms with E-state index in [2.05, 4.69) is 6.92 Å². The first-order chi connectivity index (χ1) is 11.3. The fourth-order valence-electron chi connectivity index (χ4n) is 3.10. The Morgan fingerprint density at radius 1 is 0.826 bits per heavy atom. The van der Waals surface area contributed by atoms with Gasteiger partial charge in [0.25, 0.3) is 0 Å². The van der Waals surface area contributed by atoms with E-state index >= 15 is 0 Å². The molecule has 0 unspecified atom stereocenters. The van der Waals surface area contributed by atoms with E-state index in [0.717, 1.165) is 24.0 Å². The van der Waals surface area contributed by atoms with Crippen molar-refractivity contribution in [3.05, 3.63) is 46.5 Å². The average molecular weight is 314 g/mol. The van der Waals surface area contributed by atoms with Gasteiger partial charge in [0.2, 0.25) is 0 Å². The van der Waals surface area contributed by atoms with Crippen molar-refractivity contribution >= 4 is 10.8 Å². The van der Waals surface area contributed by atoms with Crippen LogP contribution in [0.1, 0.15) is 76.9 Å². The van der Waals surface area contributed by atoms with Gasteiger partial charge in [0.15, 0.2) is 0 Å². The fourth-order valence-corrected chi connectivity index (χ4v) is 3.10. The highest BCUT2D eigenvalue weighted by Gasteiger charge is 2.03. The van der Waals surface area contributed by atoms with Crippen molar-refractivity contribution in [2.75, 3.05) is 0 Å². The van der Waals surface area contributed by atoms with Crippen LogP contribution in [0.25, 0.3) is 10.8 Å². The third-order valence-electron chi connectivity index (χ3n) is 4.50. The SMILES string of the molecule is CCCCCCCCCCCCc1cc2ccccc2c(=O)o1. The van der Waals surface area contributed by atoms with E-state index < -0.39 is 0 Å². The lowest BCUT2D eigenvalue weighted by atomic mass is 10.0. The van der Waals surface area contributed by atoms with Crippen LogP contribution in [0.4, 0.5) is 0 Å². The van der Waals surface area contributed by atoms with Gasteiger partial charge in [-0.05, 0) is 23.9 Å². The maximum absolute atomic E-state index is 11.9. The molecule has 0 saturated heterocycles. The van der Waals surface area contributed by atoms with E-state index in [1.54, 1.807) is 0 Å². The molecule has 1 aromatic heterocycles. The summed E-state index contributed by atoms with van der Waals surface area (Å²) in [6, 6.07) is 9.66. The Labute approximate surface area is 139 Å². The second-order valence-electron chi connectivity index (χ2n) is 6.52. The maximum Gasteiger partial charge on any atom is 0.343 e. The van der Waals surface area contributed by atoms with Crippen molar-refractivity contribution in [1.82, 2.24) is 0 Å². The molecule has 0 bridgehead atoms. The Hall–Kier alpha value is -1.57. The molecule has 0 radical (unpaired) electrons. The average Bonchev–Trinajstić information content (AvgIpc) is 2.57. The molecule has 0 saturated carbocycles. The van der Waals surface area contributed by atoms with Gasteiger partial charge in [-0.3, -0.25) is 0 Å². The molecule has 0 spiro atoms. The first kappa shape index (κ1) is 17.8. The van der Waals surface area contributed by atoms with Gasteiger partial charge < -0.3 is 4.42 Å². The molecule has 2 nitrogen and oxygen atoms in total. The molecule has 1 heterocycles. The van der Waals surface area contributed by atoms with Crippen molar-refractivity contribution < 1.29 is 4.42 Å². The maximum atomic E-state index is 11.9. The lowest BCUT2D eigenvalue weighted by Gasteiger charge is -2.03. The van der Waals surface area contributed by atoms with Gasteiger partial charge in [0.1, 0.15) is 5.76 Å². The zero-order valence-electron chi connectivity index (χ0n) is 14.5. The first-order valence-electron chi connectivity index (χ1n) is 9.33. The van der Waals surface area contributed by atoms with Gasteiger partial charge in [0.05, 0.1) is 5.39 Å². The molecule has 0 aliphatic carbocycles. The summed E-state index contributed by atoms with van der Waals surface area (Å²) in [5, 5.41) is 1.67. The summed E-state index contributed by atoms with van der Waals surface area (Å²) in [5.74, 6) is 0.827. The van der Waals surface area contributed by atoms with Crippen LogP contribution in [0.2, 0.25) is 0 Å². The molecular formula is C21H30O2. The quantitative estimate of drug-likeness (QED) is 0.458. The second kappa shape index (κ2) is 10.3. The van der Waals surface area contributed by atoms with Crippen molar-refractivity contribution in [1.29, 1.82) is 0 Å². The Bertz CT molecular complexity index is 627. The lowest BCUT2D eigenvalue weighted by molar-refractivity contribution is 0.454.